The lowest BCUT2D eigenvalue weighted by Crippen LogP contribution is -2.56. The topological polar surface area (TPSA) is 104 Å². The van der Waals surface area contributed by atoms with Crippen molar-refractivity contribution in [1.29, 1.82) is 0 Å². The second-order valence-corrected chi connectivity index (χ2v) is 9.06. The summed E-state index contributed by atoms with van der Waals surface area (Å²) in [5.74, 6) is -0.741. The van der Waals surface area contributed by atoms with E-state index in [1.54, 1.807) is 13.8 Å². The number of urea groups is 1. The maximum Gasteiger partial charge on any atom is 0.327 e. The van der Waals surface area contributed by atoms with Crippen molar-refractivity contribution in [3.63, 3.8) is 0 Å². The van der Waals surface area contributed by atoms with Crippen LogP contribution in [0.2, 0.25) is 0 Å². The van der Waals surface area contributed by atoms with Crippen LogP contribution >= 0.6 is 11.8 Å². The molecule has 20 heavy (non-hydrogen) atoms. The average molecular weight is 322 g/mol. The zero-order chi connectivity index (χ0) is 15.1. The largest absolute Gasteiger partial charge is 0.480 e. The Morgan fingerprint density at radius 2 is 2.10 bits per heavy atom. The van der Waals surface area contributed by atoms with Crippen LogP contribution in [0, 0.1) is 0 Å². The Hall–Kier alpha value is -0.960. The van der Waals surface area contributed by atoms with Crippen LogP contribution in [0.3, 0.4) is 0 Å². The maximum atomic E-state index is 12.3. The summed E-state index contributed by atoms with van der Waals surface area (Å²) >= 11 is 1.39. The SMILES string of the molecule is CC1SCC(C(=O)O)N1C(=O)NC1(C)CCS(=O)(=O)C1. The van der Waals surface area contributed by atoms with Crippen LogP contribution in [0.15, 0.2) is 0 Å². The van der Waals surface area contributed by atoms with Gasteiger partial charge < -0.3 is 10.4 Å². The molecular weight excluding hydrogens is 304 g/mol. The number of carboxylic acid groups (broad SMARTS) is 1. The van der Waals surface area contributed by atoms with Crippen LogP contribution in [0.4, 0.5) is 4.79 Å². The molecule has 9 heteroatoms. The van der Waals surface area contributed by atoms with Crippen molar-refractivity contribution in [2.24, 2.45) is 0 Å². The summed E-state index contributed by atoms with van der Waals surface area (Å²) in [7, 11) is -3.12. The van der Waals surface area contributed by atoms with Gasteiger partial charge in [-0.15, -0.1) is 11.8 Å². The second kappa shape index (κ2) is 5.10. The molecule has 3 atom stereocenters. The first-order valence-corrected chi connectivity index (χ1v) is 9.16. The van der Waals surface area contributed by atoms with E-state index >= 15 is 0 Å². The molecule has 0 aromatic heterocycles. The van der Waals surface area contributed by atoms with Gasteiger partial charge in [-0.05, 0) is 20.3 Å². The number of carbonyl (C=O) groups is 2. The van der Waals surface area contributed by atoms with E-state index in [4.69, 9.17) is 5.11 Å². The molecule has 0 radical (unpaired) electrons. The van der Waals surface area contributed by atoms with E-state index in [2.05, 4.69) is 5.32 Å². The Morgan fingerprint density at radius 1 is 1.45 bits per heavy atom. The number of hydrogen-bond donors (Lipinski definition) is 2. The second-order valence-electron chi connectivity index (χ2n) is 5.53. The molecule has 2 aliphatic heterocycles. The smallest absolute Gasteiger partial charge is 0.327 e. The number of rotatable bonds is 2. The Bertz CT molecular complexity index is 535. The summed E-state index contributed by atoms with van der Waals surface area (Å²) in [6, 6.07) is -1.37. The van der Waals surface area contributed by atoms with Gasteiger partial charge in [0.25, 0.3) is 0 Å². The van der Waals surface area contributed by atoms with Gasteiger partial charge in [0.2, 0.25) is 0 Å². The lowest BCUT2D eigenvalue weighted by Gasteiger charge is -2.31. The normalized spacial score (nSPS) is 36.0. The molecule has 2 aliphatic rings. The molecule has 2 fully saturated rings. The third-order valence-corrected chi connectivity index (χ3v) is 6.78. The number of carbonyl (C=O) groups excluding carboxylic acids is 1. The molecule has 0 saturated carbocycles. The molecule has 0 aliphatic carbocycles. The van der Waals surface area contributed by atoms with E-state index in [9.17, 15) is 18.0 Å². The molecule has 3 unspecified atom stereocenters. The molecule has 2 N–H and O–H groups in total. The maximum absolute atomic E-state index is 12.3. The van der Waals surface area contributed by atoms with Crippen LogP contribution in [0.5, 0.6) is 0 Å². The number of aliphatic carboxylic acids is 1. The van der Waals surface area contributed by atoms with Gasteiger partial charge in [0.15, 0.2) is 9.84 Å². The number of nitrogens with one attached hydrogen (secondary N) is 1. The Kier molecular flexibility index (Phi) is 3.94. The standard InChI is InChI=1S/C11H18N2O5S2/c1-7-13(8(5-19-7)9(14)15)10(16)12-11(2)3-4-20(17,18)6-11/h7-8H,3-6H2,1-2H3,(H,12,16)(H,14,15). The van der Waals surface area contributed by atoms with Crippen molar-refractivity contribution < 1.29 is 23.1 Å². The molecule has 0 aromatic carbocycles. The number of carboxylic acids is 1. The highest BCUT2D eigenvalue weighted by Gasteiger charge is 2.44. The zero-order valence-corrected chi connectivity index (χ0v) is 13.0. The first-order valence-electron chi connectivity index (χ1n) is 6.29. The van der Waals surface area contributed by atoms with E-state index in [1.807, 2.05) is 0 Å². The Balaban J connectivity index is 2.10. The molecule has 2 rings (SSSR count). The average Bonchev–Trinajstić information content (AvgIpc) is 2.79. The molecule has 2 saturated heterocycles. The van der Waals surface area contributed by atoms with Gasteiger partial charge >= 0.3 is 12.0 Å². The van der Waals surface area contributed by atoms with E-state index in [-0.39, 0.29) is 16.9 Å². The highest BCUT2D eigenvalue weighted by atomic mass is 32.2. The summed E-state index contributed by atoms with van der Waals surface area (Å²) in [6.45, 7) is 3.44. The van der Waals surface area contributed by atoms with Crippen molar-refractivity contribution in [2.75, 3.05) is 17.3 Å². The molecule has 114 valence electrons. The van der Waals surface area contributed by atoms with Crippen molar-refractivity contribution in [2.45, 2.75) is 37.2 Å². The van der Waals surface area contributed by atoms with Gasteiger partial charge in [-0.3, -0.25) is 4.90 Å². The van der Waals surface area contributed by atoms with Gasteiger partial charge in [0, 0.05) is 5.75 Å². The molecule has 0 aromatic rings. The third-order valence-electron chi connectivity index (χ3n) is 3.65. The van der Waals surface area contributed by atoms with Crippen molar-refractivity contribution in [1.82, 2.24) is 10.2 Å². The molecule has 0 bridgehead atoms. The number of hydrogen-bond acceptors (Lipinski definition) is 5. The number of thioether (sulfide) groups is 1. The van der Waals surface area contributed by atoms with Crippen LogP contribution in [0.1, 0.15) is 20.3 Å². The summed E-state index contributed by atoms with van der Waals surface area (Å²) in [4.78, 5) is 24.7. The van der Waals surface area contributed by atoms with Gasteiger partial charge in [-0.1, -0.05) is 0 Å². The van der Waals surface area contributed by atoms with Crippen molar-refractivity contribution >= 4 is 33.6 Å². The van der Waals surface area contributed by atoms with Crippen molar-refractivity contribution in [3.05, 3.63) is 0 Å². The minimum Gasteiger partial charge on any atom is -0.480 e. The summed E-state index contributed by atoms with van der Waals surface area (Å²) in [5, 5.41) is 11.6. The van der Waals surface area contributed by atoms with Gasteiger partial charge in [-0.2, -0.15) is 0 Å². The molecule has 0 spiro atoms. The van der Waals surface area contributed by atoms with Crippen LogP contribution < -0.4 is 5.32 Å². The highest BCUT2D eigenvalue weighted by Crippen LogP contribution is 2.30. The van der Waals surface area contributed by atoms with Crippen molar-refractivity contribution in [3.8, 4) is 0 Å². The lowest BCUT2D eigenvalue weighted by molar-refractivity contribution is -0.141. The first-order chi connectivity index (χ1) is 9.14. The van der Waals surface area contributed by atoms with E-state index < -0.39 is 33.4 Å². The number of nitrogens with zero attached hydrogens (tertiary/aromatic N) is 1. The number of sulfone groups is 1. The minimum atomic E-state index is -3.12. The van der Waals surface area contributed by atoms with E-state index in [0.29, 0.717) is 12.2 Å². The molecular formula is C11H18N2O5S2. The predicted molar refractivity (Wildman–Crippen MR) is 75.4 cm³/mol. The Labute approximate surface area is 122 Å². The fraction of sp³-hybridized carbons (Fsp3) is 0.818. The van der Waals surface area contributed by atoms with Crippen LogP contribution in [0.25, 0.3) is 0 Å². The Morgan fingerprint density at radius 3 is 2.60 bits per heavy atom. The zero-order valence-electron chi connectivity index (χ0n) is 11.3. The minimum absolute atomic E-state index is 0.0520. The monoisotopic (exact) mass is 322 g/mol. The molecule has 2 amide bonds. The fourth-order valence-electron chi connectivity index (χ4n) is 2.57. The van der Waals surface area contributed by atoms with Crippen LogP contribution in [-0.2, 0) is 14.6 Å². The van der Waals surface area contributed by atoms with Gasteiger partial charge in [0.05, 0.1) is 22.4 Å². The fourth-order valence-corrected chi connectivity index (χ4v) is 5.83. The number of amides is 2. The molecule has 2 heterocycles. The summed E-state index contributed by atoms with van der Waals surface area (Å²) in [5.41, 5.74) is -0.814. The van der Waals surface area contributed by atoms with Gasteiger partial charge in [0.1, 0.15) is 6.04 Å². The van der Waals surface area contributed by atoms with E-state index in [1.165, 1.54) is 16.7 Å². The van der Waals surface area contributed by atoms with Gasteiger partial charge in [-0.25, -0.2) is 18.0 Å². The summed E-state index contributed by atoms with van der Waals surface area (Å²) in [6.07, 6.45) is 0.355. The quantitative estimate of drug-likeness (QED) is 0.748. The van der Waals surface area contributed by atoms with E-state index in [0.717, 1.165) is 0 Å². The van der Waals surface area contributed by atoms with Crippen LogP contribution in [-0.4, -0.2) is 64.6 Å². The highest BCUT2D eigenvalue weighted by molar-refractivity contribution is 8.00. The first kappa shape index (κ1) is 15.4. The summed E-state index contributed by atoms with van der Waals surface area (Å²) < 4.78 is 23.0. The third kappa shape index (κ3) is 3.03. The molecule has 7 nitrogen and oxygen atoms in total. The lowest BCUT2D eigenvalue weighted by atomic mass is 10.0. The predicted octanol–water partition coefficient (Wildman–Crippen LogP) is 0.121.